The lowest BCUT2D eigenvalue weighted by Gasteiger charge is -2.28. The molecule has 0 saturated carbocycles. The number of nitrogens with zero attached hydrogens (tertiary/aromatic N) is 3. The Morgan fingerprint density at radius 2 is 1.90 bits per heavy atom. The number of anilines is 1. The van der Waals surface area contributed by atoms with Crippen molar-refractivity contribution in [3.8, 4) is 0 Å². The van der Waals surface area contributed by atoms with Crippen LogP contribution in [0.4, 0.5) is 10.2 Å². The van der Waals surface area contributed by atoms with Gasteiger partial charge in [0.2, 0.25) is 11.7 Å². The smallest absolute Gasteiger partial charge is 0.287 e. The van der Waals surface area contributed by atoms with E-state index in [4.69, 9.17) is 11.6 Å². The molecule has 1 saturated heterocycles. The van der Waals surface area contributed by atoms with E-state index in [-0.39, 0.29) is 64.1 Å². The molecule has 15 heteroatoms. The zero-order valence-electron chi connectivity index (χ0n) is 21.9. The van der Waals surface area contributed by atoms with Crippen LogP contribution in [0.1, 0.15) is 51.2 Å². The van der Waals surface area contributed by atoms with Crippen molar-refractivity contribution in [3.63, 3.8) is 0 Å². The van der Waals surface area contributed by atoms with E-state index >= 15 is 0 Å². The monoisotopic (exact) mass is 630 g/mol. The van der Waals surface area contributed by atoms with E-state index in [9.17, 15) is 27.2 Å². The fraction of sp³-hybridized carbons (Fsp3) is 0.296. The fourth-order valence-electron chi connectivity index (χ4n) is 5.24. The van der Waals surface area contributed by atoms with Crippen LogP contribution in [-0.2, 0) is 21.2 Å². The average molecular weight is 631 g/mol. The summed E-state index contributed by atoms with van der Waals surface area (Å²) in [5.74, 6) is -2.32. The minimum Gasteiger partial charge on any atom is -0.349 e. The van der Waals surface area contributed by atoms with Crippen molar-refractivity contribution in [2.24, 2.45) is 5.92 Å². The predicted octanol–water partition coefficient (Wildman–Crippen LogP) is 3.31. The third-order valence-electron chi connectivity index (χ3n) is 7.41. The van der Waals surface area contributed by atoms with Crippen LogP contribution in [0, 0.1) is 11.7 Å². The lowest BCUT2D eigenvalue weighted by Crippen LogP contribution is -2.41. The molecule has 0 spiro atoms. The molecular weight excluding hydrogens is 607 g/mol. The fourth-order valence-corrected chi connectivity index (χ4v) is 7.83. The van der Waals surface area contributed by atoms with Gasteiger partial charge in [0.05, 0.1) is 27.9 Å². The van der Waals surface area contributed by atoms with Crippen LogP contribution in [0.3, 0.4) is 0 Å². The number of amides is 3. The molecule has 1 fully saturated rings. The van der Waals surface area contributed by atoms with E-state index in [1.807, 2.05) is 12.1 Å². The van der Waals surface area contributed by atoms with Gasteiger partial charge in [0.15, 0.2) is 5.82 Å². The maximum absolute atomic E-state index is 14.3. The summed E-state index contributed by atoms with van der Waals surface area (Å²) in [5, 5.41) is 9.11. The third-order valence-corrected chi connectivity index (χ3v) is 10.3. The molecule has 2 aliphatic heterocycles. The highest BCUT2D eigenvalue weighted by molar-refractivity contribution is 7.91. The molecule has 0 radical (unpaired) electrons. The van der Waals surface area contributed by atoms with Crippen molar-refractivity contribution < 1.29 is 27.2 Å². The standard InChI is InChI=1S/C27H24ClFN6O5S2/c28-18-6-5-15(29)11-17(18)21-23-24(33-26(37)22-16-3-1-2-4-19(16)41-34-22)32-25(35(23)13-20(36)31-21)27(38)30-12-14-7-9-42(39,40)10-8-14/h1-6,11,14,21H,7-10,12-13H2,(H,30,38)(H,31,36)(H,33,37). The van der Waals surface area contributed by atoms with Crippen molar-refractivity contribution in [1.82, 2.24) is 24.6 Å². The number of rotatable bonds is 6. The zero-order valence-corrected chi connectivity index (χ0v) is 24.3. The number of carbonyl (C=O) groups is 3. The second-order valence-electron chi connectivity index (χ2n) is 10.2. The minimum absolute atomic E-state index is 0.0173. The van der Waals surface area contributed by atoms with Crippen molar-refractivity contribution in [2.45, 2.75) is 25.4 Å². The number of imidazole rings is 1. The van der Waals surface area contributed by atoms with E-state index < -0.39 is 39.4 Å². The number of fused-ring (bicyclic) bond motifs is 2. The summed E-state index contributed by atoms with van der Waals surface area (Å²) in [4.78, 5) is 44.1. The first-order valence-corrected chi connectivity index (χ1v) is 16.1. The van der Waals surface area contributed by atoms with E-state index in [0.717, 1.165) is 16.2 Å². The Morgan fingerprint density at radius 3 is 2.69 bits per heavy atom. The van der Waals surface area contributed by atoms with Gasteiger partial charge in [-0.15, -0.1) is 0 Å². The lowest BCUT2D eigenvalue weighted by atomic mass is 10.0. The van der Waals surface area contributed by atoms with Gasteiger partial charge in [0, 0.05) is 22.5 Å². The summed E-state index contributed by atoms with van der Waals surface area (Å²) in [6, 6.07) is 9.89. The highest BCUT2D eigenvalue weighted by Crippen LogP contribution is 2.36. The predicted molar refractivity (Wildman–Crippen MR) is 155 cm³/mol. The van der Waals surface area contributed by atoms with E-state index in [1.165, 1.54) is 22.8 Å². The van der Waals surface area contributed by atoms with Crippen LogP contribution in [-0.4, -0.2) is 58.1 Å². The van der Waals surface area contributed by atoms with Gasteiger partial charge in [0.1, 0.15) is 27.9 Å². The molecule has 2 aromatic heterocycles. The topological polar surface area (TPSA) is 152 Å². The van der Waals surface area contributed by atoms with Gasteiger partial charge >= 0.3 is 0 Å². The van der Waals surface area contributed by atoms with Gasteiger partial charge in [-0.25, -0.2) is 17.8 Å². The Bertz CT molecular complexity index is 1840. The molecule has 6 rings (SSSR count). The van der Waals surface area contributed by atoms with Crippen molar-refractivity contribution >= 4 is 66.6 Å². The first-order valence-electron chi connectivity index (χ1n) is 13.1. The van der Waals surface area contributed by atoms with Crippen LogP contribution in [0.25, 0.3) is 10.1 Å². The minimum atomic E-state index is -3.06. The molecule has 2 aromatic carbocycles. The van der Waals surface area contributed by atoms with E-state index in [2.05, 4.69) is 25.3 Å². The summed E-state index contributed by atoms with van der Waals surface area (Å²) in [5.41, 5.74) is 0.621. The number of benzene rings is 2. The first-order chi connectivity index (χ1) is 20.1. The molecule has 0 bridgehead atoms. The van der Waals surface area contributed by atoms with Crippen molar-refractivity contribution in [2.75, 3.05) is 23.4 Å². The third kappa shape index (κ3) is 5.49. The molecule has 2 aliphatic rings. The van der Waals surface area contributed by atoms with Gasteiger partial charge < -0.3 is 20.5 Å². The Morgan fingerprint density at radius 1 is 1.14 bits per heavy atom. The molecule has 1 unspecified atom stereocenters. The number of carbonyl (C=O) groups excluding carboxylic acids is 3. The number of sulfone groups is 1. The molecule has 0 aliphatic carbocycles. The maximum Gasteiger partial charge on any atom is 0.287 e. The number of hydrogen-bond donors (Lipinski definition) is 3. The van der Waals surface area contributed by atoms with Crippen LogP contribution in [0.5, 0.6) is 0 Å². The van der Waals surface area contributed by atoms with Crippen LogP contribution >= 0.6 is 23.1 Å². The second kappa shape index (κ2) is 11.1. The van der Waals surface area contributed by atoms with Gasteiger partial charge in [-0.05, 0) is 54.6 Å². The summed E-state index contributed by atoms with van der Waals surface area (Å²) in [6.07, 6.45) is 0.849. The summed E-state index contributed by atoms with van der Waals surface area (Å²) >= 11 is 7.57. The van der Waals surface area contributed by atoms with Crippen LogP contribution in [0.2, 0.25) is 5.02 Å². The molecule has 4 aromatic rings. The summed E-state index contributed by atoms with van der Waals surface area (Å²) in [7, 11) is -3.06. The Kier molecular flexibility index (Phi) is 7.45. The molecule has 3 amide bonds. The molecule has 1 atom stereocenters. The Balaban J connectivity index is 1.37. The molecule has 3 N–H and O–H groups in total. The summed E-state index contributed by atoms with van der Waals surface area (Å²) in [6.45, 7) is -0.0693. The van der Waals surface area contributed by atoms with E-state index in [1.54, 1.807) is 12.1 Å². The number of hydrogen-bond acceptors (Lipinski definition) is 8. The lowest BCUT2D eigenvalue weighted by molar-refractivity contribution is -0.123. The van der Waals surface area contributed by atoms with Gasteiger partial charge in [-0.1, -0.05) is 29.8 Å². The van der Waals surface area contributed by atoms with Gasteiger partial charge in [-0.3, -0.25) is 14.4 Å². The number of halogens is 2. The first kappa shape index (κ1) is 28.2. The Hall–Kier alpha value is -3.88. The molecule has 218 valence electrons. The van der Waals surface area contributed by atoms with E-state index in [0.29, 0.717) is 18.2 Å². The highest BCUT2D eigenvalue weighted by atomic mass is 35.5. The molecular formula is C27H24ClFN6O5S2. The van der Waals surface area contributed by atoms with Crippen molar-refractivity contribution in [3.05, 3.63) is 76.1 Å². The highest BCUT2D eigenvalue weighted by Gasteiger charge is 2.36. The summed E-state index contributed by atoms with van der Waals surface area (Å²) < 4.78 is 44.3. The molecule has 4 heterocycles. The quantitative estimate of drug-likeness (QED) is 0.296. The Labute approximate surface area is 248 Å². The van der Waals surface area contributed by atoms with Crippen molar-refractivity contribution in [1.29, 1.82) is 0 Å². The normalized spacial score (nSPS) is 18.3. The number of nitrogens with one attached hydrogen (secondary N) is 3. The second-order valence-corrected chi connectivity index (χ2v) is 13.7. The van der Waals surface area contributed by atoms with Gasteiger partial charge in [0.25, 0.3) is 11.8 Å². The maximum atomic E-state index is 14.3. The molecule has 42 heavy (non-hydrogen) atoms. The number of aromatic nitrogens is 3. The molecule has 11 nitrogen and oxygen atoms in total. The largest absolute Gasteiger partial charge is 0.349 e. The average Bonchev–Trinajstić information content (AvgIpc) is 3.55. The zero-order chi connectivity index (χ0) is 29.6. The van der Waals surface area contributed by atoms with Gasteiger partial charge in [-0.2, -0.15) is 4.37 Å². The van der Waals surface area contributed by atoms with Crippen LogP contribution < -0.4 is 16.0 Å². The SMILES string of the molecule is O=C1Cn2c(C(=O)NCC3CCS(=O)(=O)CC3)nc(NC(=O)c3nsc4ccccc34)c2C(c2cc(F)ccc2Cl)N1. The van der Waals surface area contributed by atoms with Crippen LogP contribution in [0.15, 0.2) is 42.5 Å².